The van der Waals surface area contributed by atoms with Crippen LogP contribution in [0.5, 0.6) is 0 Å². The number of amides is 1. The number of piperazine rings is 2. The summed E-state index contributed by atoms with van der Waals surface area (Å²) in [7, 11) is 0. The molecular formula is C20H27N7O. The monoisotopic (exact) mass is 381 g/mol. The molecule has 148 valence electrons. The molecule has 4 heterocycles. The Kier molecular flexibility index (Phi) is 5.66. The third-order valence-corrected chi connectivity index (χ3v) is 5.50. The molecule has 0 atom stereocenters. The Morgan fingerprint density at radius 1 is 0.893 bits per heavy atom. The van der Waals surface area contributed by atoms with Gasteiger partial charge in [0.05, 0.1) is 0 Å². The predicted octanol–water partition coefficient (Wildman–Crippen LogP) is 0.976. The lowest BCUT2D eigenvalue weighted by molar-refractivity contribution is 0.0740. The summed E-state index contributed by atoms with van der Waals surface area (Å²) in [5, 5.41) is 0. The van der Waals surface area contributed by atoms with Crippen LogP contribution in [0, 0.1) is 0 Å². The summed E-state index contributed by atoms with van der Waals surface area (Å²) in [5.74, 6) is 1.61. The van der Waals surface area contributed by atoms with E-state index in [9.17, 15) is 4.79 Å². The minimum atomic E-state index is -0.0171. The number of hydrogen-bond acceptors (Lipinski definition) is 7. The van der Waals surface area contributed by atoms with Gasteiger partial charge >= 0.3 is 0 Å². The number of aromatic nitrogens is 3. The maximum atomic E-state index is 13.0. The molecule has 1 amide bonds. The van der Waals surface area contributed by atoms with Gasteiger partial charge in [0.25, 0.3) is 5.91 Å². The van der Waals surface area contributed by atoms with Gasteiger partial charge in [0.2, 0.25) is 5.95 Å². The van der Waals surface area contributed by atoms with Gasteiger partial charge < -0.3 is 19.6 Å². The normalized spacial score (nSPS) is 18.4. The van der Waals surface area contributed by atoms with Crippen molar-refractivity contribution < 1.29 is 4.79 Å². The van der Waals surface area contributed by atoms with E-state index >= 15 is 0 Å². The first-order valence-corrected chi connectivity index (χ1v) is 10.00. The lowest BCUT2D eigenvalue weighted by atomic mass is 10.2. The molecule has 2 aliphatic heterocycles. The van der Waals surface area contributed by atoms with Crippen LogP contribution in [0.15, 0.2) is 36.7 Å². The number of rotatable bonds is 4. The minimum absolute atomic E-state index is 0.0171. The summed E-state index contributed by atoms with van der Waals surface area (Å²) < 4.78 is 0. The molecule has 0 bridgehead atoms. The molecule has 0 spiro atoms. The molecule has 28 heavy (non-hydrogen) atoms. The molecule has 2 aromatic heterocycles. The van der Waals surface area contributed by atoms with Gasteiger partial charge in [0.1, 0.15) is 11.5 Å². The minimum Gasteiger partial charge on any atom is -0.353 e. The Hall–Kier alpha value is -2.74. The van der Waals surface area contributed by atoms with E-state index in [0.717, 1.165) is 51.6 Å². The van der Waals surface area contributed by atoms with E-state index in [1.807, 2.05) is 23.1 Å². The molecule has 0 N–H and O–H groups in total. The standard InChI is InChI=1S/C20H27N7O/c1-2-24-9-11-27(12-10-24)20-22-8-6-17(23-20)19(28)26-15-13-25(14-16-26)18-5-3-4-7-21-18/h3-8H,2,9-16H2,1H3. The van der Waals surface area contributed by atoms with Crippen molar-refractivity contribution in [1.29, 1.82) is 0 Å². The smallest absolute Gasteiger partial charge is 0.272 e. The number of likely N-dealkylation sites (N-methyl/N-ethyl adjacent to an activating group) is 1. The van der Waals surface area contributed by atoms with E-state index < -0.39 is 0 Å². The second-order valence-electron chi connectivity index (χ2n) is 7.13. The third-order valence-electron chi connectivity index (χ3n) is 5.50. The van der Waals surface area contributed by atoms with E-state index in [-0.39, 0.29) is 5.91 Å². The molecule has 0 radical (unpaired) electrons. The molecule has 8 heteroatoms. The topological polar surface area (TPSA) is 68.7 Å². The summed E-state index contributed by atoms with van der Waals surface area (Å²) >= 11 is 0. The first kappa shape index (κ1) is 18.6. The van der Waals surface area contributed by atoms with Crippen LogP contribution in [0.1, 0.15) is 17.4 Å². The largest absolute Gasteiger partial charge is 0.353 e. The molecule has 0 aliphatic carbocycles. The molecule has 2 aromatic rings. The average molecular weight is 381 g/mol. The Bertz CT molecular complexity index is 784. The molecule has 2 saturated heterocycles. The Morgan fingerprint density at radius 3 is 2.32 bits per heavy atom. The highest BCUT2D eigenvalue weighted by atomic mass is 16.2. The van der Waals surface area contributed by atoms with Crippen LogP contribution in [0.4, 0.5) is 11.8 Å². The molecule has 0 saturated carbocycles. The van der Waals surface area contributed by atoms with Crippen LogP contribution in [0.25, 0.3) is 0 Å². The summed E-state index contributed by atoms with van der Waals surface area (Å²) in [5.41, 5.74) is 0.481. The Balaban J connectivity index is 1.38. The summed E-state index contributed by atoms with van der Waals surface area (Å²) in [6.07, 6.45) is 3.50. The van der Waals surface area contributed by atoms with Crippen molar-refractivity contribution in [2.24, 2.45) is 0 Å². The van der Waals surface area contributed by atoms with Crippen molar-refractivity contribution in [1.82, 2.24) is 24.8 Å². The quantitative estimate of drug-likeness (QED) is 0.782. The fourth-order valence-corrected chi connectivity index (χ4v) is 3.73. The van der Waals surface area contributed by atoms with Crippen LogP contribution >= 0.6 is 0 Å². The zero-order chi connectivity index (χ0) is 19.3. The SMILES string of the molecule is CCN1CCN(c2nccc(C(=O)N3CCN(c4ccccn4)CC3)n2)CC1. The van der Waals surface area contributed by atoms with Gasteiger partial charge in [-0.1, -0.05) is 13.0 Å². The second-order valence-corrected chi connectivity index (χ2v) is 7.13. The lowest BCUT2D eigenvalue weighted by Gasteiger charge is -2.35. The molecule has 0 unspecified atom stereocenters. The maximum absolute atomic E-state index is 13.0. The van der Waals surface area contributed by atoms with Crippen molar-refractivity contribution in [3.63, 3.8) is 0 Å². The van der Waals surface area contributed by atoms with Crippen molar-refractivity contribution >= 4 is 17.7 Å². The first-order valence-electron chi connectivity index (χ1n) is 10.00. The zero-order valence-electron chi connectivity index (χ0n) is 16.4. The summed E-state index contributed by atoms with van der Waals surface area (Å²) in [6.45, 7) is 9.95. The van der Waals surface area contributed by atoms with Crippen molar-refractivity contribution in [3.8, 4) is 0 Å². The summed E-state index contributed by atoms with van der Waals surface area (Å²) in [6, 6.07) is 7.63. The van der Waals surface area contributed by atoms with E-state index in [1.54, 1.807) is 18.5 Å². The van der Waals surface area contributed by atoms with Gasteiger partial charge in [0.15, 0.2) is 0 Å². The third kappa shape index (κ3) is 4.06. The number of nitrogens with zero attached hydrogens (tertiary/aromatic N) is 7. The molecule has 4 rings (SSSR count). The van der Waals surface area contributed by atoms with E-state index in [1.165, 1.54) is 0 Å². The van der Waals surface area contributed by atoms with Gasteiger partial charge in [-0.2, -0.15) is 0 Å². The summed E-state index contributed by atoms with van der Waals surface area (Å²) in [4.78, 5) is 35.0. The fraction of sp³-hybridized carbons (Fsp3) is 0.500. The van der Waals surface area contributed by atoms with Crippen LogP contribution in [0.2, 0.25) is 0 Å². The fourth-order valence-electron chi connectivity index (χ4n) is 3.73. The van der Waals surface area contributed by atoms with Gasteiger partial charge in [-0.05, 0) is 24.7 Å². The van der Waals surface area contributed by atoms with Crippen LogP contribution in [-0.4, -0.2) is 89.6 Å². The average Bonchev–Trinajstić information content (AvgIpc) is 2.79. The Morgan fingerprint density at radius 2 is 1.64 bits per heavy atom. The van der Waals surface area contributed by atoms with Crippen LogP contribution in [-0.2, 0) is 0 Å². The maximum Gasteiger partial charge on any atom is 0.272 e. The van der Waals surface area contributed by atoms with Crippen molar-refractivity contribution in [2.75, 3.05) is 68.7 Å². The highest BCUT2D eigenvalue weighted by Gasteiger charge is 2.25. The van der Waals surface area contributed by atoms with E-state index in [0.29, 0.717) is 24.7 Å². The number of carbonyl (C=O) groups excluding carboxylic acids is 1. The molecule has 0 aromatic carbocycles. The van der Waals surface area contributed by atoms with Crippen LogP contribution < -0.4 is 9.80 Å². The zero-order valence-corrected chi connectivity index (χ0v) is 16.4. The molecule has 8 nitrogen and oxygen atoms in total. The molecule has 2 fully saturated rings. The Labute approximate surface area is 165 Å². The van der Waals surface area contributed by atoms with Gasteiger partial charge in [-0.25, -0.2) is 15.0 Å². The molecule has 2 aliphatic rings. The van der Waals surface area contributed by atoms with Gasteiger partial charge in [-0.15, -0.1) is 0 Å². The van der Waals surface area contributed by atoms with Crippen molar-refractivity contribution in [3.05, 3.63) is 42.4 Å². The highest BCUT2D eigenvalue weighted by Crippen LogP contribution is 2.16. The number of hydrogen-bond donors (Lipinski definition) is 0. The number of pyridine rings is 1. The van der Waals surface area contributed by atoms with E-state index in [2.05, 4.69) is 36.6 Å². The second kappa shape index (κ2) is 8.52. The highest BCUT2D eigenvalue weighted by molar-refractivity contribution is 5.92. The van der Waals surface area contributed by atoms with Gasteiger partial charge in [0, 0.05) is 64.8 Å². The van der Waals surface area contributed by atoms with Crippen LogP contribution in [0.3, 0.4) is 0 Å². The predicted molar refractivity (Wildman–Crippen MR) is 109 cm³/mol. The lowest BCUT2D eigenvalue weighted by Crippen LogP contribution is -2.49. The molecular weight excluding hydrogens is 354 g/mol. The van der Waals surface area contributed by atoms with Gasteiger partial charge in [-0.3, -0.25) is 4.79 Å². The first-order chi connectivity index (χ1) is 13.7. The van der Waals surface area contributed by atoms with Crippen molar-refractivity contribution in [2.45, 2.75) is 6.92 Å². The van der Waals surface area contributed by atoms with E-state index in [4.69, 9.17) is 0 Å². The number of anilines is 2. The number of carbonyl (C=O) groups is 1.